The Bertz CT molecular complexity index is 543. The van der Waals surface area contributed by atoms with Crippen molar-refractivity contribution in [2.75, 3.05) is 0 Å². The van der Waals surface area contributed by atoms with E-state index in [4.69, 9.17) is 11.6 Å². The van der Waals surface area contributed by atoms with Gasteiger partial charge in [-0.1, -0.05) is 31.5 Å². The predicted octanol–water partition coefficient (Wildman–Crippen LogP) is 3.93. The van der Waals surface area contributed by atoms with Gasteiger partial charge in [0.25, 0.3) is 0 Å². The smallest absolute Gasteiger partial charge is 0.115 e. The van der Waals surface area contributed by atoms with E-state index < -0.39 is 0 Å². The van der Waals surface area contributed by atoms with E-state index in [9.17, 15) is 5.11 Å². The highest BCUT2D eigenvalue weighted by Gasteiger charge is 2.14. The van der Waals surface area contributed by atoms with Crippen molar-refractivity contribution in [3.8, 4) is 0 Å². The van der Waals surface area contributed by atoms with E-state index in [-0.39, 0.29) is 6.61 Å². The quantitative estimate of drug-likeness (QED) is 0.879. The first-order valence-electron chi connectivity index (χ1n) is 6.01. The molecular weight excluding hydrogens is 234 g/mol. The Morgan fingerprint density at radius 2 is 2.06 bits per heavy atom. The van der Waals surface area contributed by atoms with Crippen LogP contribution in [0.25, 0.3) is 10.9 Å². The van der Waals surface area contributed by atoms with Crippen LogP contribution in [0.2, 0.25) is 5.15 Å². The van der Waals surface area contributed by atoms with Gasteiger partial charge < -0.3 is 9.67 Å². The van der Waals surface area contributed by atoms with Crippen LogP contribution in [-0.2, 0) is 13.2 Å². The lowest BCUT2D eigenvalue weighted by molar-refractivity contribution is 0.283. The van der Waals surface area contributed by atoms with E-state index in [1.54, 1.807) is 0 Å². The molecule has 2 nitrogen and oxygen atoms in total. The molecule has 0 saturated carbocycles. The van der Waals surface area contributed by atoms with E-state index in [2.05, 4.69) is 39.0 Å². The molecule has 0 aliphatic heterocycles. The SMILES string of the molecule is CCn1c(Cl)c(CO)c2cc(C(C)C)ccc21. The standard InChI is InChI=1S/C14H18ClNO/c1-4-16-13-6-5-10(9(2)3)7-11(13)12(8-17)14(16)15/h5-7,9,17H,4,8H2,1-3H3. The molecule has 0 amide bonds. The van der Waals surface area contributed by atoms with Crippen LogP contribution in [0.4, 0.5) is 0 Å². The molecule has 2 rings (SSSR count). The number of aliphatic hydroxyl groups excluding tert-OH is 1. The van der Waals surface area contributed by atoms with Gasteiger partial charge >= 0.3 is 0 Å². The third-order valence-corrected chi connectivity index (χ3v) is 3.70. The number of hydrogen-bond donors (Lipinski definition) is 1. The molecule has 0 fully saturated rings. The van der Waals surface area contributed by atoms with Crippen molar-refractivity contribution >= 4 is 22.5 Å². The van der Waals surface area contributed by atoms with Crippen molar-refractivity contribution in [3.63, 3.8) is 0 Å². The van der Waals surface area contributed by atoms with Gasteiger partial charge in [-0.05, 0) is 30.5 Å². The fourth-order valence-electron chi connectivity index (χ4n) is 2.23. The average molecular weight is 252 g/mol. The van der Waals surface area contributed by atoms with E-state index in [1.807, 2.05) is 4.57 Å². The van der Waals surface area contributed by atoms with Crippen molar-refractivity contribution in [1.29, 1.82) is 0 Å². The van der Waals surface area contributed by atoms with Gasteiger partial charge in [-0.25, -0.2) is 0 Å². The van der Waals surface area contributed by atoms with Crippen LogP contribution in [0.1, 0.15) is 37.8 Å². The molecule has 1 N–H and O–H groups in total. The van der Waals surface area contributed by atoms with Crippen molar-refractivity contribution in [2.45, 2.75) is 39.8 Å². The fraction of sp³-hybridized carbons (Fsp3) is 0.429. The molecule has 0 aliphatic rings. The zero-order valence-corrected chi connectivity index (χ0v) is 11.3. The highest BCUT2D eigenvalue weighted by Crippen LogP contribution is 2.32. The second-order valence-electron chi connectivity index (χ2n) is 4.60. The summed E-state index contributed by atoms with van der Waals surface area (Å²) in [6.07, 6.45) is 0. The highest BCUT2D eigenvalue weighted by molar-refractivity contribution is 6.32. The lowest BCUT2D eigenvalue weighted by Crippen LogP contribution is -1.94. The van der Waals surface area contributed by atoms with Crippen LogP contribution in [0.15, 0.2) is 18.2 Å². The highest BCUT2D eigenvalue weighted by atomic mass is 35.5. The molecule has 0 spiro atoms. The second kappa shape index (κ2) is 4.71. The molecule has 1 heterocycles. The average Bonchev–Trinajstić information content (AvgIpc) is 2.58. The van der Waals surface area contributed by atoms with Crippen LogP contribution >= 0.6 is 11.6 Å². The summed E-state index contributed by atoms with van der Waals surface area (Å²) in [7, 11) is 0. The molecule has 0 bridgehead atoms. The summed E-state index contributed by atoms with van der Waals surface area (Å²) in [5.41, 5.74) is 3.22. The van der Waals surface area contributed by atoms with Gasteiger partial charge in [-0.2, -0.15) is 0 Å². The molecule has 0 atom stereocenters. The molecule has 3 heteroatoms. The zero-order chi connectivity index (χ0) is 12.6. The van der Waals surface area contributed by atoms with Crippen molar-refractivity contribution in [3.05, 3.63) is 34.5 Å². The normalized spacial score (nSPS) is 11.6. The van der Waals surface area contributed by atoms with Gasteiger partial charge in [-0.3, -0.25) is 0 Å². The molecule has 2 aromatic rings. The summed E-state index contributed by atoms with van der Waals surface area (Å²) in [5, 5.41) is 11.2. The zero-order valence-electron chi connectivity index (χ0n) is 10.5. The lowest BCUT2D eigenvalue weighted by atomic mass is 10.0. The molecule has 1 aromatic carbocycles. The van der Waals surface area contributed by atoms with Crippen molar-refractivity contribution < 1.29 is 5.11 Å². The van der Waals surface area contributed by atoms with Gasteiger partial charge in [0.05, 0.1) is 6.61 Å². The van der Waals surface area contributed by atoms with Gasteiger partial charge in [0.15, 0.2) is 0 Å². The molecule has 0 saturated heterocycles. The first-order chi connectivity index (χ1) is 8.10. The minimum atomic E-state index is -0.0100. The van der Waals surface area contributed by atoms with Crippen LogP contribution in [0.5, 0.6) is 0 Å². The maximum Gasteiger partial charge on any atom is 0.115 e. The molecule has 0 radical (unpaired) electrons. The maximum atomic E-state index is 9.46. The summed E-state index contributed by atoms with van der Waals surface area (Å²) in [6, 6.07) is 6.37. The third kappa shape index (κ3) is 1.96. The third-order valence-electron chi connectivity index (χ3n) is 3.26. The van der Waals surface area contributed by atoms with Gasteiger partial charge in [0.1, 0.15) is 5.15 Å². The predicted molar refractivity (Wildman–Crippen MR) is 72.6 cm³/mol. The maximum absolute atomic E-state index is 9.46. The van der Waals surface area contributed by atoms with E-state index in [0.717, 1.165) is 23.0 Å². The van der Waals surface area contributed by atoms with Crippen molar-refractivity contribution in [2.24, 2.45) is 0 Å². The number of aromatic nitrogens is 1. The van der Waals surface area contributed by atoms with Crippen molar-refractivity contribution in [1.82, 2.24) is 4.57 Å². The molecular formula is C14H18ClNO. The Balaban J connectivity index is 2.76. The number of fused-ring (bicyclic) bond motifs is 1. The Hall–Kier alpha value is -0.990. The summed E-state index contributed by atoms with van der Waals surface area (Å²) in [6.45, 7) is 7.19. The Morgan fingerprint density at radius 1 is 1.35 bits per heavy atom. The van der Waals surface area contributed by atoms with E-state index >= 15 is 0 Å². The summed E-state index contributed by atoms with van der Waals surface area (Å²) in [4.78, 5) is 0. The minimum absolute atomic E-state index is 0.0100. The van der Waals surface area contributed by atoms with Gasteiger partial charge in [0.2, 0.25) is 0 Å². The van der Waals surface area contributed by atoms with Gasteiger partial charge in [0, 0.05) is 23.0 Å². The summed E-state index contributed by atoms with van der Waals surface area (Å²) < 4.78 is 2.03. The molecule has 1 aromatic heterocycles. The molecule has 0 aliphatic carbocycles. The van der Waals surface area contributed by atoms with Crippen LogP contribution in [0.3, 0.4) is 0 Å². The Labute approximate surface area is 107 Å². The number of halogens is 1. The number of benzene rings is 1. The van der Waals surface area contributed by atoms with Crippen LogP contribution in [0, 0.1) is 0 Å². The Kier molecular flexibility index (Phi) is 3.45. The topological polar surface area (TPSA) is 25.2 Å². The second-order valence-corrected chi connectivity index (χ2v) is 4.96. The number of nitrogens with zero attached hydrogens (tertiary/aromatic N) is 1. The van der Waals surface area contributed by atoms with E-state index in [1.165, 1.54) is 5.56 Å². The lowest BCUT2D eigenvalue weighted by Gasteiger charge is -2.06. The van der Waals surface area contributed by atoms with Gasteiger partial charge in [-0.15, -0.1) is 0 Å². The summed E-state index contributed by atoms with van der Waals surface area (Å²) >= 11 is 6.29. The minimum Gasteiger partial charge on any atom is -0.392 e. The number of aryl methyl sites for hydroxylation is 1. The molecule has 0 unspecified atom stereocenters. The molecule has 17 heavy (non-hydrogen) atoms. The van der Waals surface area contributed by atoms with E-state index in [0.29, 0.717) is 11.1 Å². The first-order valence-corrected chi connectivity index (χ1v) is 6.39. The monoisotopic (exact) mass is 251 g/mol. The number of hydrogen-bond acceptors (Lipinski definition) is 1. The number of rotatable bonds is 3. The summed E-state index contributed by atoms with van der Waals surface area (Å²) in [5.74, 6) is 0.481. The van der Waals surface area contributed by atoms with Crippen LogP contribution in [-0.4, -0.2) is 9.67 Å². The first kappa shape index (κ1) is 12.5. The fourth-order valence-corrected chi connectivity index (χ4v) is 2.60. The largest absolute Gasteiger partial charge is 0.392 e. The number of aliphatic hydroxyl groups is 1. The Morgan fingerprint density at radius 3 is 2.59 bits per heavy atom. The molecule has 92 valence electrons. The van der Waals surface area contributed by atoms with Crippen LogP contribution < -0.4 is 0 Å².